The molecule has 2 aromatic carbocycles. The molecular formula is C23H24N2O5. The second kappa shape index (κ2) is 9.26. The van der Waals surface area contributed by atoms with Gasteiger partial charge in [0.15, 0.2) is 5.76 Å². The van der Waals surface area contributed by atoms with Gasteiger partial charge in [0.1, 0.15) is 11.4 Å². The van der Waals surface area contributed by atoms with Crippen molar-refractivity contribution in [1.82, 2.24) is 5.16 Å². The molecule has 0 aliphatic carbocycles. The molecule has 1 N–H and O–H groups in total. The Morgan fingerprint density at radius 2 is 1.57 bits per heavy atom. The van der Waals surface area contributed by atoms with Crippen molar-refractivity contribution in [2.24, 2.45) is 0 Å². The molecule has 7 nitrogen and oxygen atoms in total. The van der Waals surface area contributed by atoms with Gasteiger partial charge in [0.25, 0.3) is 0 Å². The number of carbonyl (C=O) groups excluding carboxylic acids is 2. The second-order valence-electron chi connectivity index (χ2n) is 6.93. The predicted octanol–water partition coefficient (Wildman–Crippen LogP) is 5.45. The van der Waals surface area contributed by atoms with E-state index in [1.165, 1.54) is 0 Å². The van der Waals surface area contributed by atoms with E-state index in [1.54, 1.807) is 39.8 Å². The summed E-state index contributed by atoms with van der Waals surface area (Å²) in [4.78, 5) is 23.8. The molecule has 1 heterocycles. The molecule has 3 aromatic rings. The van der Waals surface area contributed by atoms with Crippen LogP contribution in [0.25, 0.3) is 22.5 Å². The normalized spacial score (nSPS) is 10.7. The number of aryl methyl sites for hydroxylation is 1. The Bertz CT molecular complexity index is 1020. The van der Waals surface area contributed by atoms with E-state index in [4.69, 9.17) is 14.0 Å². The van der Waals surface area contributed by atoms with Crippen LogP contribution in [-0.4, -0.2) is 29.9 Å². The lowest BCUT2D eigenvalue weighted by atomic mass is 10.0. The Balaban J connectivity index is 1.80. The third-order valence-corrected chi connectivity index (χ3v) is 4.31. The lowest BCUT2D eigenvalue weighted by molar-refractivity contribution is 0.0526. The Morgan fingerprint density at radius 3 is 2.13 bits per heavy atom. The van der Waals surface area contributed by atoms with Gasteiger partial charge in [-0.1, -0.05) is 41.6 Å². The number of hydrogen-bond donors (Lipinski definition) is 1. The molecular weight excluding hydrogens is 384 g/mol. The molecule has 0 atom stereocenters. The first-order valence-electron chi connectivity index (χ1n) is 9.71. The minimum Gasteiger partial charge on any atom is -0.462 e. The van der Waals surface area contributed by atoms with Crippen LogP contribution >= 0.6 is 0 Å². The lowest BCUT2D eigenvalue weighted by Gasteiger charge is -2.10. The van der Waals surface area contributed by atoms with E-state index in [1.807, 2.05) is 36.4 Å². The standard InChI is InChI=1S/C23H24N2O5/c1-5-28-22(26)19-12-8-17(9-13-19)16-6-10-18(11-7-16)21-20(15(4)25-30-21)24-23(27)29-14(2)3/h6-14H,5H2,1-4H3,(H,24,27). The van der Waals surface area contributed by atoms with Crippen molar-refractivity contribution in [2.45, 2.75) is 33.8 Å². The highest BCUT2D eigenvalue weighted by Gasteiger charge is 2.18. The number of hydrogen-bond acceptors (Lipinski definition) is 6. The second-order valence-corrected chi connectivity index (χ2v) is 6.93. The summed E-state index contributed by atoms with van der Waals surface area (Å²) in [6.45, 7) is 7.42. The van der Waals surface area contributed by atoms with E-state index in [2.05, 4.69) is 10.5 Å². The number of nitrogens with one attached hydrogen (secondary N) is 1. The molecule has 0 aliphatic rings. The van der Waals surface area contributed by atoms with Crippen molar-refractivity contribution in [1.29, 1.82) is 0 Å². The fraction of sp³-hybridized carbons (Fsp3) is 0.261. The van der Waals surface area contributed by atoms with E-state index in [0.29, 0.717) is 29.3 Å². The van der Waals surface area contributed by atoms with Gasteiger partial charge in [-0.15, -0.1) is 0 Å². The zero-order valence-corrected chi connectivity index (χ0v) is 17.4. The fourth-order valence-electron chi connectivity index (χ4n) is 2.89. The minimum absolute atomic E-state index is 0.233. The number of aromatic nitrogens is 1. The van der Waals surface area contributed by atoms with Crippen LogP contribution in [0.4, 0.5) is 10.5 Å². The number of ether oxygens (including phenoxy) is 2. The smallest absolute Gasteiger partial charge is 0.412 e. The van der Waals surface area contributed by atoms with E-state index in [-0.39, 0.29) is 12.1 Å². The zero-order chi connectivity index (χ0) is 21.7. The Morgan fingerprint density at radius 1 is 1.00 bits per heavy atom. The van der Waals surface area contributed by atoms with Crippen LogP contribution in [0.5, 0.6) is 0 Å². The highest BCUT2D eigenvalue weighted by Crippen LogP contribution is 2.32. The fourth-order valence-corrected chi connectivity index (χ4v) is 2.89. The van der Waals surface area contributed by atoms with E-state index in [9.17, 15) is 9.59 Å². The van der Waals surface area contributed by atoms with Crippen molar-refractivity contribution in [3.05, 3.63) is 59.8 Å². The molecule has 156 valence electrons. The molecule has 3 rings (SSSR count). The molecule has 1 aromatic heterocycles. The largest absolute Gasteiger partial charge is 0.462 e. The van der Waals surface area contributed by atoms with Gasteiger partial charge in [0, 0.05) is 5.56 Å². The number of carbonyl (C=O) groups is 2. The van der Waals surface area contributed by atoms with Crippen LogP contribution in [0.3, 0.4) is 0 Å². The van der Waals surface area contributed by atoms with Gasteiger partial charge in [-0.25, -0.2) is 9.59 Å². The summed E-state index contributed by atoms with van der Waals surface area (Å²) in [5.41, 5.74) is 4.25. The van der Waals surface area contributed by atoms with Crippen LogP contribution in [0.15, 0.2) is 53.1 Å². The van der Waals surface area contributed by atoms with Crippen LogP contribution < -0.4 is 5.32 Å². The molecule has 30 heavy (non-hydrogen) atoms. The van der Waals surface area contributed by atoms with Crippen molar-refractivity contribution in [3.63, 3.8) is 0 Å². The Hall–Kier alpha value is -3.61. The van der Waals surface area contributed by atoms with Crippen LogP contribution in [0, 0.1) is 6.92 Å². The number of rotatable bonds is 6. The molecule has 0 unspecified atom stereocenters. The highest BCUT2D eigenvalue weighted by molar-refractivity contribution is 5.91. The molecule has 0 aliphatic heterocycles. The summed E-state index contributed by atoms with van der Waals surface area (Å²) in [7, 11) is 0. The van der Waals surface area contributed by atoms with Crippen molar-refractivity contribution < 1.29 is 23.6 Å². The third-order valence-electron chi connectivity index (χ3n) is 4.31. The molecule has 0 saturated heterocycles. The molecule has 0 bridgehead atoms. The summed E-state index contributed by atoms with van der Waals surface area (Å²) >= 11 is 0. The summed E-state index contributed by atoms with van der Waals surface area (Å²) < 4.78 is 15.6. The Kier molecular flexibility index (Phi) is 6.51. The average molecular weight is 408 g/mol. The van der Waals surface area contributed by atoms with Gasteiger partial charge in [0.2, 0.25) is 0 Å². The summed E-state index contributed by atoms with van der Waals surface area (Å²) in [6.07, 6.45) is -0.793. The van der Waals surface area contributed by atoms with Gasteiger partial charge >= 0.3 is 12.1 Å². The third kappa shape index (κ3) is 4.86. The van der Waals surface area contributed by atoms with Crippen LogP contribution in [0.1, 0.15) is 36.8 Å². The molecule has 0 fully saturated rings. The highest BCUT2D eigenvalue weighted by atomic mass is 16.6. The summed E-state index contributed by atoms with van der Waals surface area (Å²) in [5.74, 6) is 0.119. The molecule has 0 radical (unpaired) electrons. The number of esters is 1. The number of anilines is 1. The SMILES string of the molecule is CCOC(=O)c1ccc(-c2ccc(-c3onc(C)c3NC(=O)OC(C)C)cc2)cc1. The van der Waals surface area contributed by atoms with Gasteiger partial charge < -0.3 is 14.0 Å². The van der Waals surface area contributed by atoms with Gasteiger partial charge in [0.05, 0.1) is 18.3 Å². The lowest BCUT2D eigenvalue weighted by Crippen LogP contribution is -2.18. The van der Waals surface area contributed by atoms with Gasteiger partial charge in [-0.3, -0.25) is 5.32 Å². The first kappa shape index (κ1) is 21.1. The first-order chi connectivity index (χ1) is 14.4. The number of nitrogens with zero attached hydrogens (tertiary/aromatic N) is 1. The maximum absolute atomic E-state index is 12.0. The molecule has 0 saturated carbocycles. The minimum atomic E-state index is -0.559. The van der Waals surface area contributed by atoms with Crippen molar-refractivity contribution in [3.8, 4) is 22.5 Å². The van der Waals surface area contributed by atoms with Crippen LogP contribution in [-0.2, 0) is 9.47 Å². The number of amides is 1. The van der Waals surface area contributed by atoms with Crippen molar-refractivity contribution >= 4 is 17.7 Å². The van der Waals surface area contributed by atoms with Crippen molar-refractivity contribution in [2.75, 3.05) is 11.9 Å². The summed E-state index contributed by atoms with van der Waals surface area (Å²) in [6, 6.07) is 14.9. The first-order valence-corrected chi connectivity index (χ1v) is 9.71. The molecule has 7 heteroatoms. The molecule has 0 spiro atoms. The van der Waals surface area contributed by atoms with E-state index >= 15 is 0 Å². The average Bonchev–Trinajstić information content (AvgIpc) is 3.08. The van der Waals surface area contributed by atoms with Crippen LogP contribution in [0.2, 0.25) is 0 Å². The molecule has 1 amide bonds. The number of benzene rings is 2. The quantitative estimate of drug-likeness (QED) is 0.545. The maximum Gasteiger partial charge on any atom is 0.412 e. The zero-order valence-electron chi connectivity index (χ0n) is 17.4. The Labute approximate surface area is 175 Å². The van der Waals surface area contributed by atoms with E-state index in [0.717, 1.165) is 16.7 Å². The predicted molar refractivity (Wildman–Crippen MR) is 113 cm³/mol. The van der Waals surface area contributed by atoms with E-state index < -0.39 is 6.09 Å². The maximum atomic E-state index is 12.0. The topological polar surface area (TPSA) is 90.7 Å². The monoisotopic (exact) mass is 408 g/mol. The van der Waals surface area contributed by atoms with Gasteiger partial charge in [-0.05, 0) is 51.0 Å². The van der Waals surface area contributed by atoms with Gasteiger partial charge in [-0.2, -0.15) is 0 Å². The summed E-state index contributed by atoms with van der Waals surface area (Å²) in [5, 5.41) is 6.66.